The molecule has 0 spiro atoms. The molecule has 1 aromatic carbocycles. The van der Waals surface area contributed by atoms with Crippen LogP contribution in [-0.4, -0.2) is 45.0 Å². The van der Waals surface area contributed by atoms with E-state index in [4.69, 9.17) is 0 Å². The highest BCUT2D eigenvalue weighted by Crippen LogP contribution is 2.23. The predicted molar refractivity (Wildman–Crippen MR) is 112 cm³/mol. The number of hydrogen-bond donors (Lipinski definition) is 2. The number of H-pyrrole nitrogens is 1. The monoisotopic (exact) mass is 394 g/mol. The number of carbonyl (C=O) groups excluding carboxylic acids is 1. The number of para-hydroxylation sites is 1. The molecule has 1 fully saturated rings. The first-order valence-electron chi connectivity index (χ1n) is 10.1. The van der Waals surface area contributed by atoms with Crippen molar-refractivity contribution in [3.63, 3.8) is 0 Å². The Morgan fingerprint density at radius 3 is 2.90 bits per heavy atom. The molecular formula is C21H26N6O2. The molecule has 2 N–H and O–H groups in total. The van der Waals surface area contributed by atoms with E-state index in [1.807, 2.05) is 38.1 Å². The van der Waals surface area contributed by atoms with Crippen molar-refractivity contribution in [2.75, 3.05) is 18.0 Å². The van der Waals surface area contributed by atoms with Gasteiger partial charge in [0.25, 0.3) is 11.5 Å². The fourth-order valence-electron chi connectivity index (χ4n) is 3.88. The number of benzene rings is 1. The Bertz CT molecular complexity index is 1070. The van der Waals surface area contributed by atoms with Crippen molar-refractivity contribution in [2.45, 2.75) is 45.2 Å². The molecule has 1 aliphatic heterocycles. The summed E-state index contributed by atoms with van der Waals surface area (Å²) in [6, 6.07) is 11.1. The zero-order chi connectivity index (χ0) is 20.4. The summed E-state index contributed by atoms with van der Waals surface area (Å²) < 4.78 is 1.51. The van der Waals surface area contributed by atoms with Crippen LogP contribution < -0.4 is 15.8 Å². The molecule has 2 aromatic heterocycles. The van der Waals surface area contributed by atoms with Crippen LogP contribution in [-0.2, 0) is 0 Å². The fraction of sp³-hybridized carbons (Fsp3) is 0.429. The number of piperidine rings is 1. The molecule has 0 aliphatic carbocycles. The summed E-state index contributed by atoms with van der Waals surface area (Å²) in [5.41, 5.74) is 1.16. The van der Waals surface area contributed by atoms with Gasteiger partial charge in [-0.25, -0.2) is 4.68 Å². The highest BCUT2D eigenvalue weighted by molar-refractivity contribution is 6.04. The van der Waals surface area contributed by atoms with Crippen LogP contribution in [0.2, 0.25) is 0 Å². The average molecular weight is 394 g/mol. The van der Waals surface area contributed by atoms with Crippen molar-refractivity contribution in [1.29, 1.82) is 0 Å². The summed E-state index contributed by atoms with van der Waals surface area (Å²) in [5, 5.41) is 15.5. The maximum absolute atomic E-state index is 12.7. The molecule has 1 amide bonds. The van der Waals surface area contributed by atoms with Crippen LogP contribution in [0.3, 0.4) is 0 Å². The summed E-state index contributed by atoms with van der Waals surface area (Å²) in [4.78, 5) is 27.0. The smallest absolute Gasteiger partial charge is 0.272 e. The average Bonchev–Trinajstić information content (AvgIpc) is 3.17. The standard InChI is InChI=1S/C21H26N6O2/c1-14(2)27-19(28)11-10-18(25-27)26-12-6-5-7-15(26)13-22-21(29)20-16-8-3-4-9-17(16)23-24-20/h3-4,8-11,14-15H,5-7,12-13H2,1-2H3,(H,22,29)(H,23,24). The van der Waals surface area contributed by atoms with Crippen molar-refractivity contribution < 1.29 is 4.79 Å². The second-order valence-corrected chi connectivity index (χ2v) is 7.74. The molecule has 1 atom stereocenters. The van der Waals surface area contributed by atoms with E-state index in [1.54, 1.807) is 12.1 Å². The number of amides is 1. The second kappa shape index (κ2) is 8.06. The van der Waals surface area contributed by atoms with Crippen molar-refractivity contribution in [2.24, 2.45) is 0 Å². The van der Waals surface area contributed by atoms with Gasteiger partial charge in [0.05, 0.1) is 11.6 Å². The van der Waals surface area contributed by atoms with Gasteiger partial charge >= 0.3 is 0 Å². The van der Waals surface area contributed by atoms with E-state index < -0.39 is 0 Å². The molecule has 152 valence electrons. The minimum absolute atomic E-state index is 0.00154. The summed E-state index contributed by atoms with van der Waals surface area (Å²) >= 11 is 0. The molecule has 1 unspecified atom stereocenters. The third-order valence-corrected chi connectivity index (χ3v) is 5.41. The number of nitrogens with one attached hydrogen (secondary N) is 2. The lowest BCUT2D eigenvalue weighted by Crippen LogP contribution is -2.47. The zero-order valence-corrected chi connectivity index (χ0v) is 16.8. The molecule has 1 aliphatic rings. The predicted octanol–water partition coefficient (Wildman–Crippen LogP) is 2.49. The van der Waals surface area contributed by atoms with E-state index in [0.29, 0.717) is 12.2 Å². The van der Waals surface area contributed by atoms with Gasteiger partial charge in [0, 0.05) is 30.6 Å². The third kappa shape index (κ3) is 3.87. The van der Waals surface area contributed by atoms with Crippen LogP contribution in [0.25, 0.3) is 10.9 Å². The topological polar surface area (TPSA) is 95.9 Å². The minimum atomic E-state index is -0.187. The van der Waals surface area contributed by atoms with Gasteiger partial charge in [0.15, 0.2) is 5.69 Å². The fourth-order valence-corrected chi connectivity index (χ4v) is 3.88. The van der Waals surface area contributed by atoms with Crippen LogP contribution in [0.4, 0.5) is 5.82 Å². The number of anilines is 1. The van der Waals surface area contributed by atoms with Gasteiger partial charge in [-0.05, 0) is 45.2 Å². The van der Waals surface area contributed by atoms with Gasteiger partial charge in [-0.1, -0.05) is 18.2 Å². The van der Waals surface area contributed by atoms with E-state index >= 15 is 0 Å². The summed E-state index contributed by atoms with van der Waals surface area (Å²) in [6.45, 7) is 5.25. The Labute approximate surface area is 168 Å². The van der Waals surface area contributed by atoms with Gasteiger partial charge in [0.2, 0.25) is 0 Å². The van der Waals surface area contributed by atoms with E-state index in [9.17, 15) is 9.59 Å². The van der Waals surface area contributed by atoms with Crippen LogP contribution in [0.1, 0.15) is 49.6 Å². The number of carbonyl (C=O) groups is 1. The summed E-state index contributed by atoms with van der Waals surface area (Å²) in [7, 11) is 0. The van der Waals surface area contributed by atoms with Crippen molar-refractivity contribution in [1.82, 2.24) is 25.3 Å². The van der Waals surface area contributed by atoms with Crippen LogP contribution in [0.5, 0.6) is 0 Å². The maximum atomic E-state index is 12.7. The molecule has 3 aromatic rings. The van der Waals surface area contributed by atoms with Crippen molar-refractivity contribution >= 4 is 22.6 Å². The van der Waals surface area contributed by atoms with Crippen LogP contribution in [0, 0.1) is 0 Å². The summed E-state index contributed by atoms with van der Waals surface area (Å²) in [5.74, 6) is 0.593. The molecular weight excluding hydrogens is 368 g/mol. The van der Waals surface area contributed by atoms with Gasteiger partial charge in [-0.15, -0.1) is 0 Å². The molecule has 4 rings (SSSR count). The van der Waals surface area contributed by atoms with Crippen molar-refractivity contribution in [3.8, 4) is 0 Å². The molecule has 0 saturated carbocycles. The quantitative estimate of drug-likeness (QED) is 0.693. The molecule has 8 nitrogen and oxygen atoms in total. The van der Waals surface area contributed by atoms with Crippen molar-refractivity contribution in [3.05, 3.63) is 52.4 Å². The Morgan fingerprint density at radius 1 is 1.24 bits per heavy atom. The first-order chi connectivity index (χ1) is 14.0. The van der Waals surface area contributed by atoms with Gasteiger partial charge in [0.1, 0.15) is 5.82 Å². The van der Waals surface area contributed by atoms with Gasteiger partial charge in [-0.3, -0.25) is 14.7 Å². The second-order valence-electron chi connectivity index (χ2n) is 7.74. The highest BCUT2D eigenvalue weighted by Gasteiger charge is 2.25. The Hall–Kier alpha value is -3.16. The lowest BCUT2D eigenvalue weighted by molar-refractivity contribution is 0.0946. The largest absolute Gasteiger partial charge is 0.350 e. The van der Waals surface area contributed by atoms with E-state index in [1.165, 1.54) is 4.68 Å². The SMILES string of the molecule is CC(C)n1nc(N2CCCCC2CNC(=O)c2n[nH]c3ccccc23)ccc1=O. The number of rotatable bonds is 5. The lowest BCUT2D eigenvalue weighted by atomic mass is 10.0. The lowest BCUT2D eigenvalue weighted by Gasteiger charge is -2.36. The maximum Gasteiger partial charge on any atom is 0.272 e. The minimum Gasteiger partial charge on any atom is -0.350 e. The molecule has 1 saturated heterocycles. The van der Waals surface area contributed by atoms with Gasteiger partial charge < -0.3 is 10.2 Å². The molecule has 0 radical (unpaired) electrons. The number of fused-ring (bicyclic) bond motifs is 1. The third-order valence-electron chi connectivity index (χ3n) is 5.41. The normalized spacial score (nSPS) is 17.1. The van der Waals surface area contributed by atoms with Crippen LogP contribution >= 0.6 is 0 Å². The Kier molecular flexibility index (Phi) is 5.33. The van der Waals surface area contributed by atoms with Crippen LogP contribution in [0.15, 0.2) is 41.2 Å². The number of hydrogen-bond acceptors (Lipinski definition) is 5. The van der Waals surface area contributed by atoms with E-state index in [2.05, 4.69) is 25.5 Å². The Morgan fingerprint density at radius 2 is 2.07 bits per heavy atom. The Balaban J connectivity index is 1.50. The number of aromatic amines is 1. The number of nitrogens with zero attached hydrogens (tertiary/aromatic N) is 4. The molecule has 8 heteroatoms. The zero-order valence-electron chi connectivity index (χ0n) is 16.8. The van der Waals surface area contributed by atoms with Gasteiger partial charge in [-0.2, -0.15) is 10.2 Å². The first kappa shape index (κ1) is 19.2. The van der Waals surface area contributed by atoms with E-state index in [-0.39, 0.29) is 23.6 Å². The molecule has 29 heavy (non-hydrogen) atoms. The molecule has 3 heterocycles. The highest BCUT2D eigenvalue weighted by atomic mass is 16.2. The first-order valence-corrected chi connectivity index (χ1v) is 10.1. The summed E-state index contributed by atoms with van der Waals surface area (Å²) in [6.07, 6.45) is 3.13. The number of aromatic nitrogens is 4. The molecule has 0 bridgehead atoms. The van der Waals surface area contributed by atoms with E-state index in [0.717, 1.165) is 42.5 Å².